The standard InChI is InChI=1S/C20H21ClN6O2/c1-25-17-3-2-14(24-16-4-5-23-19(21)15(16)13-22)12-18(17)27(20(25)28)7-6-26-8-10-29-11-9-26/h2-5,12H,6-11H2,1H3,(H,23,24). The normalized spacial score (nSPS) is 14.8. The molecule has 0 saturated carbocycles. The van der Waals surface area contributed by atoms with Gasteiger partial charge in [0.25, 0.3) is 0 Å². The Hall–Kier alpha value is -2.86. The lowest BCUT2D eigenvalue weighted by molar-refractivity contribution is 0.0364. The molecular formula is C20H21ClN6O2. The summed E-state index contributed by atoms with van der Waals surface area (Å²) in [6.07, 6.45) is 1.55. The van der Waals surface area contributed by atoms with E-state index in [0.717, 1.165) is 49.6 Å². The first kappa shape index (κ1) is 19.5. The molecule has 0 bridgehead atoms. The van der Waals surface area contributed by atoms with E-state index >= 15 is 0 Å². The molecule has 0 unspecified atom stereocenters. The molecule has 9 heteroatoms. The third kappa shape index (κ3) is 3.85. The molecule has 1 fully saturated rings. The molecule has 0 atom stereocenters. The van der Waals surface area contributed by atoms with E-state index in [9.17, 15) is 10.1 Å². The monoisotopic (exact) mass is 412 g/mol. The Kier molecular flexibility index (Phi) is 5.53. The molecule has 0 spiro atoms. The highest BCUT2D eigenvalue weighted by Gasteiger charge is 2.15. The Morgan fingerprint density at radius 1 is 1.24 bits per heavy atom. The fourth-order valence-electron chi connectivity index (χ4n) is 3.57. The summed E-state index contributed by atoms with van der Waals surface area (Å²) in [5.74, 6) is 0. The van der Waals surface area contributed by atoms with Crippen LogP contribution < -0.4 is 11.0 Å². The average Bonchev–Trinajstić information content (AvgIpc) is 2.97. The number of anilines is 2. The number of halogens is 1. The van der Waals surface area contributed by atoms with Crippen molar-refractivity contribution in [2.24, 2.45) is 7.05 Å². The summed E-state index contributed by atoms with van der Waals surface area (Å²) in [5, 5.41) is 12.7. The van der Waals surface area contributed by atoms with Gasteiger partial charge in [0.15, 0.2) is 0 Å². The van der Waals surface area contributed by atoms with Crippen molar-refractivity contribution in [2.75, 3.05) is 38.2 Å². The number of rotatable bonds is 5. The van der Waals surface area contributed by atoms with Crippen LogP contribution in [0.25, 0.3) is 11.0 Å². The minimum Gasteiger partial charge on any atom is -0.379 e. The molecule has 3 aromatic rings. The number of hydrogen-bond donors (Lipinski definition) is 1. The van der Waals surface area contributed by atoms with Gasteiger partial charge in [-0.15, -0.1) is 0 Å². The largest absolute Gasteiger partial charge is 0.379 e. The number of aryl methyl sites for hydroxylation is 1. The number of nitriles is 1. The molecule has 0 radical (unpaired) electrons. The van der Waals surface area contributed by atoms with Gasteiger partial charge in [-0.2, -0.15) is 5.26 Å². The first-order chi connectivity index (χ1) is 14.1. The van der Waals surface area contributed by atoms with Crippen LogP contribution >= 0.6 is 11.6 Å². The highest BCUT2D eigenvalue weighted by molar-refractivity contribution is 6.31. The highest BCUT2D eigenvalue weighted by atomic mass is 35.5. The van der Waals surface area contributed by atoms with E-state index < -0.39 is 0 Å². The van der Waals surface area contributed by atoms with Crippen LogP contribution in [0.4, 0.5) is 11.4 Å². The van der Waals surface area contributed by atoms with Gasteiger partial charge in [-0.05, 0) is 24.3 Å². The number of morpholine rings is 1. The van der Waals surface area contributed by atoms with Crippen LogP contribution in [0.3, 0.4) is 0 Å². The zero-order valence-corrected chi connectivity index (χ0v) is 16.8. The topological polar surface area (TPSA) is 88.1 Å². The summed E-state index contributed by atoms with van der Waals surface area (Å²) >= 11 is 6.02. The van der Waals surface area contributed by atoms with Crippen LogP contribution in [0, 0.1) is 11.3 Å². The van der Waals surface area contributed by atoms with Crippen molar-refractivity contribution in [3.05, 3.63) is 51.7 Å². The maximum Gasteiger partial charge on any atom is 0.328 e. The number of nitrogens with one attached hydrogen (secondary N) is 1. The van der Waals surface area contributed by atoms with Gasteiger partial charge in [-0.3, -0.25) is 14.0 Å². The SMILES string of the molecule is Cn1c(=O)n(CCN2CCOCC2)c2cc(Nc3ccnc(Cl)c3C#N)ccc21. The summed E-state index contributed by atoms with van der Waals surface area (Å²) in [6.45, 7) is 4.61. The molecule has 2 aromatic heterocycles. The van der Waals surface area contributed by atoms with Crippen molar-refractivity contribution in [2.45, 2.75) is 6.54 Å². The van der Waals surface area contributed by atoms with Crippen molar-refractivity contribution in [1.29, 1.82) is 5.26 Å². The summed E-state index contributed by atoms with van der Waals surface area (Å²) < 4.78 is 8.84. The molecule has 0 aliphatic carbocycles. The Labute approximate surface area is 172 Å². The van der Waals surface area contributed by atoms with E-state index in [1.807, 2.05) is 18.2 Å². The number of fused-ring (bicyclic) bond motifs is 1. The maximum atomic E-state index is 12.8. The third-order valence-electron chi connectivity index (χ3n) is 5.18. The van der Waals surface area contributed by atoms with E-state index in [-0.39, 0.29) is 16.4 Å². The minimum absolute atomic E-state index is 0.0462. The van der Waals surface area contributed by atoms with Crippen LogP contribution in [-0.4, -0.2) is 51.9 Å². The van der Waals surface area contributed by atoms with Gasteiger partial charge >= 0.3 is 5.69 Å². The summed E-state index contributed by atoms with van der Waals surface area (Å²) in [5.41, 5.74) is 3.28. The molecule has 29 heavy (non-hydrogen) atoms. The van der Waals surface area contributed by atoms with Crippen LogP contribution in [0.1, 0.15) is 5.56 Å². The Balaban J connectivity index is 1.65. The predicted molar refractivity (Wildman–Crippen MR) is 112 cm³/mol. The lowest BCUT2D eigenvalue weighted by Gasteiger charge is -2.26. The van der Waals surface area contributed by atoms with Crippen molar-refractivity contribution < 1.29 is 4.74 Å². The molecule has 1 saturated heterocycles. The van der Waals surface area contributed by atoms with Gasteiger partial charge in [-0.1, -0.05) is 11.6 Å². The lowest BCUT2D eigenvalue weighted by atomic mass is 10.2. The minimum atomic E-state index is -0.0462. The summed E-state index contributed by atoms with van der Waals surface area (Å²) in [6, 6.07) is 9.47. The lowest BCUT2D eigenvalue weighted by Crippen LogP contribution is -2.39. The maximum absolute atomic E-state index is 12.8. The molecule has 0 amide bonds. The van der Waals surface area contributed by atoms with E-state index in [2.05, 4.69) is 21.3 Å². The van der Waals surface area contributed by atoms with Crippen molar-refractivity contribution in [1.82, 2.24) is 19.0 Å². The van der Waals surface area contributed by atoms with Crippen LogP contribution in [0.5, 0.6) is 0 Å². The number of ether oxygens (including phenoxy) is 1. The molecule has 4 rings (SSSR count). The molecular weight excluding hydrogens is 392 g/mol. The van der Waals surface area contributed by atoms with Crippen molar-refractivity contribution >= 4 is 34.0 Å². The molecule has 8 nitrogen and oxygen atoms in total. The van der Waals surface area contributed by atoms with Gasteiger partial charge < -0.3 is 10.1 Å². The number of imidazole rings is 1. The Morgan fingerprint density at radius 2 is 2.03 bits per heavy atom. The van der Waals surface area contributed by atoms with Gasteiger partial charge in [0.2, 0.25) is 0 Å². The van der Waals surface area contributed by atoms with Crippen molar-refractivity contribution in [3.8, 4) is 6.07 Å². The quantitative estimate of drug-likeness (QED) is 0.647. The van der Waals surface area contributed by atoms with E-state index in [4.69, 9.17) is 16.3 Å². The fraction of sp³-hybridized carbons (Fsp3) is 0.350. The number of nitrogens with zero attached hydrogens (tertiary/aromatic N) is 5. The Bertz CT molecular complexity index is 1140. The van der Waals surface area contributed by atoms with E-state index in [0.29, 0.717) is 12.2 Å². The molecule has 1 aliphatic rings. The molecule has 1 aliphatic heterocycles. The second kappa shape index (κ2) is 8.25. The number of hydrogen-bond acceptors (Lipinski definition) is 6. The number of benzene rings is 1. The first-order valence-corrected chi connectivity index (χ1v) is 9.77. The van der Waals surface area contributed by atoms with Crippen molar-refractivity contribution in [3.63, 3.8) is 0 Å². The second-order valence-corrected chi connectivity index (χ2v) is 7.27. The first-order valence-electron chi connectivity index (χ1n) is 9.39. The van der Waals surface area contributed by atoms with Crippen LogP contribution in [-0.2, 0) is 18.3 Å². The zero-order valence-electron chi connectivity index (χ0n) is 16.1. The summed E-state index contributed by atoms with van der Waals surface area (Å²) in [4.78, 5) is 19.0. The zero-order chi connectivity index (χ0) is 20.4. The number of aromatic nitrogens is 3. The molecule has 150 valence electrons. The molecule has 3 heterocycles. The smallest absolute Gasteiger partial charge is 0.328 e. The van der Waals surface area contributed by atoms with E-state index in [1.54, 1.807) is 28.4 Å². The molecule has 1 aromatic carbocycles. The summed E-state index contributed by atoms with van der Waals surface area (Å²) in [7, 11) is 1.78. The van der Waals surface area contributed by atoms with Crippen LogP contribution in [0.2, 0.25) is 5.15 Å². The van der Waals surface area contributed by atoms with Gasteiger partial charge in [-0.25, -0.2) is 9.78 Å². The number of pyridine rings is 1. The highest BCUT2D eigenvalue weighted by Crippen LogP contribution is 2.26. The van der Waals surface area contributed by atoms with E-state index in [1.165, 1.54) is 0 Å². The fourth-order valence-corrected chi connectivity index (χ4v) is 3.77. The van der Waals surface area contributed by atoms with Crippen LogP contribution in [0.15, 0.2) is 35.3 Å². The Morgan fingerprint density at radius 3 is 2.79 bits per heavy atom. The third-order valence-corrected chi connectivity index (χ3v) is 5.47. The average molecular weight is 413 g/mol. The predicted octanol–water partition coefficient (Wildman–Crippen LogP) is 2.34. The van der Waals surface area contributed by atoms with Gasteiger partial charge in [0.05, 0.1) is 29.9 Å². The van der Waals surface area contributed by atoms with Gasteiger partial charge in [0.1, 0.15) is 16.8 Å². The van der Waals surface area contributed by atoms with Gasteiger partial charge in [0, 0.05) is 45.1 Å². The second-order valence-electron chi connectivity index (χ2n) is 6.91. The molecule has 1 N–H and O–H groups in total.